The zero-order valence-electron chi connectivity index (χ0n) is 12.1. The van der Waals surface area contributed by atoms with Crippen LogP contribution in [0.15, 0.2) is 30.3 Å². The zero-order valence-corrected chi connectivity index (χ0v) is 15.1. The van der Waals surface area contributed by atoms with Crippen LogP contribution >= 0.6 is 20.2 Å². The third kappa shape index (κ3) is 5.36. The second kappa shape index (κ2) is 7.85. The van der Waals surface area contributed by atoms with Crippen molar-refractivity contribution in [2.45, 2.75) is 37.6 Å². The van der Waals surface area contributed by atoms with Gasteiger partial charge in [0, 0.05) is 0 Å². The number of halogens is 4. The third-order valence-corrected chi connectivity index (χ3v) is 9.46. The number of rotatable bonds is 4. The van der Waals surface area contributed by atoms with E-state index in [0.717, 1.165) is 25.7 Å². The van der Waals surface area contributed by atoms with Crippen LogP contribution in [0.1, 0.15) is 32.1 Å². The monoisotopic (exact) mass is 460 g/mol. The first-order valence-electron chi connectivity index (χ1n) is 7.04. The van der Waals surface area contributed by atoms with Crippen LogP contribution in [0.4, 0.5) is 13.2 Å². The molecule has 1 aromatic carbocycles. The maximum atomic E-state index is 12.5. The summed E-state index contributed by atoms with van der Waals surface area (Å²) in [7, 11) is -5.63. The Kier molecular flexibility index (Phi) is 6.33. The van der Waals surface area contributed by atoms with Gasteiger partial charge in [-0.3, -0.25) is 0 Å². The summed E-state index contributed by atoms with van der Waals surface area (Å²) in [6.45, 7) is 0. The predicted molar refractivity (Wildman–Crippen MR) is 89.6 cm³/mol. The van der Waals surface area contributed by atoms with Crippen molar-refractivity contribution in [3.05, 3.63) is 33.9 Å². The van der Waals surface area contributed by atoms with Crippen molar-refractivity contribution in [2.75, 3.05) is 0 Å². The van der Waals surface area contributed by atoms with Gasteiger partial charge < -0.3 is 0 Å². The third-order valence-electron chi connectivity index (χ3n) is 3.38. The summed E-state index contributed by atoms with van der Waals surface area (Å²) in [5.41, 5.74) is -5.43. The second-order valence-corrected chi connectivity index (χ2v) is 10.9. The van der Waals surface area contributed by atoms with Gasteiger partial charge in [-0.2, -0.15) is 0 Å². The van der Waals surface area contributed by atoms with Crippen molar-refractivity contribution in [3.8, 4) is 9.85 Å². The van der Waals surface area contributed by atoms with Gasteiger partial charge in [0.15, 0.2) is 0 Å². The van der Waals surface area contributed by atoms with Crippen LogP contribution in [-0.4, -0.2) is 13.9 Å². The Labute approximate surface area is 141 Å². The Morgan fingerprint density at radius 2 is 1.78 bits per heavy atom. The van der Waals surface area contributed by atoms with Gasteiger partial charge in [0.25, 0.3) is 0 Å². The van der Waals surface area contributed by atoms with Gasteiger partial charge in [-0.25, -0.2) is 0 Å². The number of hydrogen-bond donors (Lipinski definition) is 0. The molecular weight excluding hydrogens is 444 g/mol. The summed E-state index contributed by atoms with van der Waals surface area (Å²) in [5, 5.41) is 0. The quantitative estimate of drug-likeness (QED) is 0.372. The molecule has 1 aliphatic carbocycles. The second-order valence-electron chi connectivity index (χ2n) is 5.13. The average Bonchev–Trinajstić information content (AvgIpc) is 2.99. The first kappa shape index (κ1) is 18.5. The SMILES string of the molecule is O=S(=O)(OI(C#CCC1CCCC1)c1ccccc1)C(F)(F)F. The van der Waals surface area contributed by atoms with E-state index < -0.39 is 35.9 Å². The van der Waals surface area contributed by atoms with E-state index in [2.05, 4.69) is 12.4 Å². The van der Waals surface area contributed by atoms with Crippen LogP contribution in [0, 0.1) is 19.3 Å². The normalized spacial score (nSPS) is 16.7. The van der Waals surface area contributed by atoms with Gasteiger partial charge >= 0.3 is 142 Å². The van der Waals surface area contributed by atoms with Gasteiger partial charge in [-0.05, 0) is 0 Å². The van der Waals surface area contributed by atoms with Crippen molar-refractivity contribution in [1.82, 2.24) is 0 Å². The summed E-state index contributed by atoms with van der Waals surface area (Å²) >= 11 is -3.25. The maximum absolute atomic E-state index is 12.5. The van der Waals surface area contributed by atoms with E-state index in [9.17, 15) is 21.6 Å². The molecule has 0 N–H and O–H groups in total. The summed E-state index contributed by atoms with van der Waals surface area (Å²) in [6, 6.07) is 8.06. The molecule has 0 aliphatic heterocycles. The van der Waals surface area contributed by atoms with E-state index in [-0.39, 0.29) is 0 Å². The van der Waals surface area contributed by atoms with Crippen molar-refractivity contribution in [2.24, 2.45) is 5.92 Å². The van der Waals surface area contributed by atoms with Gasteiger partial charge in [0.05, 0.1) is 0 Å². The van der Waals surface area contributed by atoms with E-state index >= 15 is 0 Å². The van der Waals surface area contributed by atoms with Crippen LogP contribution in [0.25, 0.3) is 0 Å². The molecule has 1 fully saturated rings. The molecule has 128 valence electrons. The topological polar surface area (TPSA) is 43.4 Å². The van der Waals surface area contributed by atoms with E-state index in [0.29, 0.717) is 15.9 Å². The van der Waals surface area contributed by atoms with Crippen molar-refractivity contribution < 1.29 is 24.1 Å². The standard InChI is InChI=1S/C15H16F3IO3S/c16-15(17,18)23(20,21)22-19(14-10-2-1-3-11-14)12-6-9-13-7-4-5-8-13/h1-3,10-11,13H,4-5,7-9H2. The number of benzene rings is 1. The van der Waals surface area contributed by atoms with Crippen LogP contribution in [-0.2, 0) is 12.6 Å². The molecule has 1 saturated carbocycles. The molecule has 8 heteroatoms. The summed E-state index contributed by atoms with van der Waals surface area (Å²) in [4.78, 5) is 0. The summed E-state index contributed by atoms with van der Waals surface area (Å²) < 4.78 is 67.8. The molecule has 0 heterocycles. The Morgan fingerprint density at radius 1 is 1.17 bits per heavy atom. The summed E-state index contributed by atoms with van der Waals surface area (Å²) in [6.07, 6.45) is 5.00. The van der Waals surface area contributed by atoms with Crippen molar-refractivity contribution in [3.63, 3.8) is 0 Å². The fraction of sp³-hybridized carbons (Fsp3) is 0.467. The Hall–Kier alpha value is -0.790. The molecule has 1 aliphatic rings. The van der Waals surface area contributed by atoms with Gasteiger partial charge in [0.1, 0.15) is 0 Å². The molecule has 0 atom stereocenters. The minimum atomic E-state index is -5.63. The fourth-order valence-electron chi connectivity index (χ4n) is 2.21. The Bertz CT molecular complexity index is 671. The Morgan fingerprint density at radius 3 is 2.35 bits per heavy atom. The molecular formula is C15H16F3IO3S. The van der Waals surface area contributed by atoms with Crippen LogP contribution < -0.4 is 0 Å². The van der Waals surface area contributed by atoms with Crippen LogP contribution in [0.2, 0.25) is 0 Å². The molecule has 0 radical (unpaired) electrons. The van der Waals surface area contributed by atoms with E-state index in [1.165, 1.54) is 0 Å². The van der Waals surface area contributed by atoms with Crippen LogP contribution in [0.3, 0.4) is 0 Å². The molecule has 0 spiro atoms. The zero-order chi connectivity index (χ0) is 16.9. The molecule has 0 aromatic heterocycles. The van der Waals surface area contributed by atoms with Crippen molar-refractivity contribution >= 4 is 30.4 Å². The number of alkyl halides is 3. The van der Waals surface area contributed by atoms with Gasteiger partial charge in [-0.1, -0.05) is 0 Å². The van der Waals surface area contributed by atoms with Gasteiger partial charge in [0.2, 0.25) is 0 Å². The summed E-state index contributed by atoms with van der Waals surface area (Å²) in [5.74, 6) is 3.32. The average molecular weight is 460 g/mol. The molecule has 1 aromatic rings. The predicted octanol–water partition coefficient (Wildman–Crippen LogP) is 4.69. The molecule has 2 rings (SSSR count). The van der Waals surface area contributed by atoms with E-state index in [1.54, 1.807) is 30.3 Å². The minimum absolute atomic E-state index is 0.434. The molecule has 3 nitrogen and oxygen atoms in total. The van der Waals surface area contributed by atoms with E-state index in [4.69, 9.17) is 0 Å². The number of hydrogen-bond acceptors (Lipinski definition) is 3. The van der Waals surface area contributed by atoms with Crippen LogP contribution in [0.5, 0.6) is 0 Å². The first-order chi connectivity index (χ1) is 10.8. The molecule has 0 saturated heterocycles. The molecule has 0 bridgehead atoms. The molecule has 0 unspecified atom stereocenters. The van der Waals surface area contributed by atoms with Crippen molar-refractivity contribution in [1.29, 1.82) is 0 Å². The van der Waals surface area contributed by atoms with E-state index in [1.807, 2.05) is 0 Å². The Balaban J connectivity index is 2.17. The fourth-order valence-corrected chi connectivity index (χ4v) is 7.42. The van der Waals surface area contributed by atoms with Gasteiger partial charge in [-0.15, -0.1) is 0 Å². The molecule has 23 heavy (non-hydrogen) atoms. The molecule has 0 amide bonds. The first-order valence-corrected chi connectivity index (χ1v) is 11.5.